The fourth-order valence-corrected chi connectivity index (χ4v) is 5.41. The predicted octanol–water partition coefficient (Wildman–Crippen LogP) is 6.67. The molecule has 2 heterocycles. The number of ether oxygens (including phenoxy) is 1. The summed E-state index contributed by atoms with van der Waals surface area (Å²) in [5.41, 5.74) is 1.09. The van der Waals surface area contributed by atoms with Crippen LogP contribution in [0.1, 0.15) is 62.9 Å². The molecule has 5 rings (SSSR count). The molecule has 175 valence electrons. The summed E-state index contributed by atoms with van der Waals surface area (Å²) in [6.45, 7) is 5.05. The molecule has 0 saturated heterocycles. The average Bonchev–Trinajstić information content (AvgIpc) is 3.36. The number of benzene rings is 2. The Balaban J connectivity index is 1.63. The van der Waals surface area contributed by atoms with Gasteiger partial charge in [-0.1, -0.05) is 18.2 Å². The summed E-state index contributed by atoms with van der Waals surface area (Å²) in [4.78, 5) is 5.27. The molecule has 33 heavy (non-hydrogen) atoms. The van der Waals surface area contributed by atoms with Gasteiger partial charge in [-0.3, -0.25) is 4.90 Å². The van der Waals surface area contributed by atoms with Crippen LogP contribution in [-0.2, 0) is 6.42 Å². The summed E-state index contributed by atoms with van der Waals surface area (Å²) in [7, 11) is 0. The zero-order chi connectivity index (χ0) is 23.3. The molecule has 1 radical (unpaired) electrons. The smallest absolute Gasteiger partial charge is 0.135 e. The lowest BCUT2D eigenvalue weighted by molar-refractivity contribution is 0.0642. The lowest BCUT2D eigenvalue weighted by Crippen LogP contribution is -2.48. The number of fused-ring (bicyclic) bond motifs is 3. The van der Waals surface area contributed by atoms with Gasteiger partial charge in [-0.25, -0.2) is 13.2 Å². The van der Waals surface area contributed by atoms with E-state index in [0.717, 1.165) is 41.4 Å². The normalized spacial score (nSPS) is 22.1. The highest BCUT2D eigenvalue weighted by atomic mass is 19.1. The lowest BCUT2D eigenvalue weighted by atomic mass is 9.87. The topological polar surface area (TPSA) is 28.3 Å². The number of aromatic nitrogens is 1. The predicted molar refractivity (Wildman–Crippen MR) is 124 cm³/mol. The van der Waals surface area contributed by atoms with Crippen molar-refractivity contribution in [1.29, 1.82) is 0 Å². The van der Waals surface area contributed by atoms with E-state index in [1.807, 2.05) is 42.5 Å². The van der Waals surface area contributed by atoms with Gasteiger partial charge in [0.15, 0.2) is 0 Å². The molecule has 3 aromatic rings. The minimum absolute atomic E-state index is 0.0573. The van der Waals surface area contributed by atoms with Crippen LogP contribution >= 0.6 is 0 Å². The van der Waals surface area contributed by atoms with Gasteiger partial charge in [-0.15, -0.1) is 0 Å². The van der Waals surface area contributed by atoms with Crippen molar-refractivity contribution in [1.82, 2.24) is 9.88 Å². The second-order valence-electron chi connectivity index (χ2n) is 10.0. The molecule has 0 unspecified atom stereocenters. The third kappa shape index (κ3) is 4.25. The van der Waals surface area contributed by atoms with Gasteiger partial charge in [0.05, 0.1) is 6.04 Å². The zero-order valence-corrected chi connectivity index (χ0v) is 19.3. The highest BCUT2D eigenvalue weighted by Crippen LogP contribution is 2.44. The van der Waals surface area contributed by atoms with Crippen LogP contribution < -0.4 is 4.74 Å². The molecule has 1 saturated carbocycles. The number of halogens is 3. The maximum Gasteiger partial charge on any atom is 0.135 e. The third-order valence-electron chi connectivity index (χ3n) is 6.81. The molecule has 2 aromatic carbocycles. The molecule has 3 atom stereocenters. The molecular formula is C27H30F3N2O. The summed E-state index contributed by atoms with van der Waals surface area (Å²) in [6.07, 6.45) is 5.41. The van der Waals surface area contributed by atoms with E-state index in [9.17, 15) is 4.39 Å². The molecule has 1 fully saturated rings. The molecule has 6 heteroatoms. The number of alkyl halides is 1. The van der Waals surface area contributed by atoms with Crippen molar-refractivity contribution in [3.05, 3.63) is 71.3 Å². The number of H-pyrrole nitrogens is 1. The number of para-hydroxylation sites is 1. The van der Waals surface area contributed by atoms with E-state index in [1.54, 1.807) is 0 Å². The van der Waals surface area contributed by atoms with Crippen LogP contribution in [0, 0.1) is 18.1 Å². The molecule has 3 nitrogen and oxygen atoms in total. The van der Waals surface area contributed by atoms with Crippen LogP contribution in [0.5, 0.6) is 5.75 Å². The summed E-state index contributed by atoms with van der Waals surface area (Å²) < 4.78 is 51.8. The molecule has 2 aliphatic rings. The lowest BCUT2D eigenvalue weighted by Gasteiger charge is -2.43. The molecular weight excluding hydrogens is 425 g/mol. The van der Waals surface area contributed by atoms with Gasteiger partial charge in [0.25, 0.3) is 0 Å². The van der Waals surface area contributed by atoms with Crippen molar-refractivity contribution in [2.45, 2.75) is 70.3 Å². The minimum atomic E-state index is -1.52. The standard InChI is InChI=1S/C27H30F3N2O/c1-16-12-20-19-10-6-7-11-23(19)31-25(20)26(32(16)15-27(2,3)30)24-21(28)13-18(14-22(24)29)33-17-8-4-5-9-17/h6-8,10-11,13-14,16-17,26,31H,4-5,9,12,15H2,1-3H3/t16-,17-,26-/m1/s1. The van der Waals surface area contributed by atoms with E-state index in [4.69, 9.17) is 4.74 Å². The van der Waals surface area contributed by atoms with Gasteiger partial charge < -0.3 is 9.72 Å². The number of nitrogens with zero attached hydrogens (tertiary/aromatic N) is 1. The first-order valence-electron chi connectivity index (χ1n) is 11.7. The van der Waals surface area contributed by atoms with Gasteiger partial charge in [0, 0.05) is 53.3 Å². The van der Waals surface area contributed by atoms with Gasteiger partial charge in [0.1, 0.15) is 29.2 Å². The Morgan fingerprint density at radius 1 is 1.15 bits per heavy atom. The molecule has 0 spiro atoms. The van der Waals surface area contributed by atoms with Crippen LogP contribution in [0.4, 0.5) is 13.2 Å². The summed E-state index contributed by atoms with van der Waals surface area (Å²) in [6, 6.07) is 9.54. The Morgan fingerprint density at radius 3 is 2.55 bits per heavy atom. The summed E-state index contributed by atoms with van der Waals surface area (Å²) in [5, 5.41) is 1.04. The van der Waals surface area contributed by atoms with Crippen molar-refractivity contribution in [2.24, 2.45) is 0 Å². The maximum atomic E-state index is 15.6. The fraction of sp³-hybridized carbons (Fsp3) is 0.444. The van der Waals surface area contributed by atoms with Crippen molar-refractivity contribution in [2.75, 3.05) is 6.54 Å². The van der Waals surface area contributed by atoms with Crippen molar-refractivity contribution in [3.8, 4) is 5.75 Å². The first-order chi connectivity index (χ1) is 15.7. The Hall–Kier alpha value is -2.47. The Bertz CT molecular complexity index is 1140. The maximum absolute atomic E-state index is 15.6. The number of hydrogen-bond donors (Lipinski definition) is 1. The number of rotatable bonds is 5. The second-order valence-corrected chi connectivity index (χ2v) is 10.0. The van der Waals surface area contributed by atoms with Gasteiger partial charge in [-0.2, -0.15) is 0 Å². The van der Waals surface area contributed by atoms with Crippen molar-refractivity contribution in [3.63, 3.8) is 0 Å². The van der Waals surface area contributed by atoms with Crippen LogP contribution in [0.25, 0.3) is 10.9 Å². The van der Waals surface area contributed by atoms with E-state index < -0.39 is 23.3 Å². The number of nitrogens with one attached hydrogen (secondary N) is 1. The monoisotopic (exact) mass is 455 g/mol. The van der Waals surface area contributed by atoms with Crippen LogP contribution in [-0.4, -0.2) is 34.2 Å². The van der Waals surface area contributed by atoms with E-state index >= 15 is 8.78 Å². The molecule has 1 aliphatic heterocycles. The van der Waals surface area contributed by atoms with Gasteiger partial charge in [0.2, 0.25) is 0 Å². The van der Waals surface area contributed by atoms with Crippen molar-refractivity contribution < 1.29 is 17.9 Å². The van der Waals surface area contributed by atoms with Crippen molar-refractivity contribution >= 4 is 10.9 Å². The molecule has 1 aliphatic carbocycles. The average molecular weight is 456 g/mol. The molecule has 0 amide bonds. The number of aromatic amines is 1. The third-order valence-corrected chi connectivity index (χ3v) is 6.81. The highest BCUT2D eigenvalue weighted by Gasteiger charge is 2.41. The van der Waals surface area contributed by atoms with Crippen LogP contribution in [0.3, 0.4) is 0 Å². The molecule has 1 N–H and O–H groups in total. The van der Waals surface area contributed by atoms with E-state index in [-0.39, 0.29) is 30.0 Å². The molecule has 0 bridgehead atoms. The summed E-state index contributed by atoms with van der Waals surface area (Å²) >= 11 is 0. The SMILES string of the molecule is C[C@@H]1Cc2c([nH]c3ccccc23)[C@@H](c2c(F)cc(O[C@@H]3[CH]CCC3)cc2F)N1CC(C)(C)F. The van der Waals surface area contributed by atoms with Gasteiger partial charge >= 0.3 is 0 Å². The summed E-state index contributed by atoms with van der Waals surface area (Å²) in [5.74, 6) is -1.16. The fourth-order valence-electron chi connectivity index (χ4n) is 5.41. The first-order valence-corrected chi connectivity index (χ1v) is 11.7. The Morgan fingerprint density at radius 2 is 1.88 bits per heavy atom. The van der Waals surface area contributed by atoms with E-state index in [2.05, 4.69) is 4.98 Å². The Labute approximate surface area is 192 Å². The van der Waals surface area contributed by atoms with E-state index in [0.29, 0.717) is 6.42 Å². The largest absolute Gasteiger partial charge is 0.490 e. The Kier molecular flexibility index (Phi) is 5.68. The highest BCUT2D eigenvalue weighted by molar-refractivity contribution is 5.85. The number of hydrogen-bond acceptors (Lipinski definition) is 2. The minimum Gasteiger partial charge on any atom is -0.490 e. The quantitative estimate of drug-likeness (QED) is 0.466. The van der Waals surface area contributed by atoms with Gasteiger partial charge in [-0.05, 0) is 58.1 Å². The van der Waals surface area contributed by atoms with E-state index in [1.165, 1.54) is 26.0 Å². The second kappa shape index (κ2) is 8.39. The zero-order valence-electron chi connectivity index (χ0n) is 19.3. The van der Waals surface area contributed by atoms with Crippen LogP contribution in [0.15, 0.2) is 36.4 Å². The van der Waals surface area contributed by atoms with Crippen LogP contribution in [0.2, 0.25) is 0 Å². The molecule has 1 aromatic heterocycles. The first kappa shape index (κ1) is 22.3.